The highest BCUT2D eigenvalue weighted by Gasteiger charge is 2.35. The lowest BCUT2D eigenvalue weighted by atomic mass is 10.0. The van der Waals surface area contributed by atoms with Gasteiger partial charge in [0.25, 0.3) is 0 Å². The van der Waals surface area contributed by atoms with Crippen LogP contribution >= 0.6 is 0 Å². The highest BCUT2D eigenvalue weighted by atomic mass is 16.6. The number of carbonyl (C=O) groups excluding carboxylic acids is 2. The number of hydrogen-bond acceptors (Lipinski definition) is 6. The molecule has 2 amide bonds. The van der Waals surface area contributed by atoms with Gasteiger partial charge in [0.05, 0.1) is 28.8 Å². The number of rotatable bonds is 3. The van der Waals surface area contributed by atoms with Gasteiger partial charge in [-0.25, -0.2) is 9.78 Å². The van der Waals surface area contributed by atoms with Crippen LogP contribution in [-0.2, 0) is 9.53 Å². The minimum atomic E-state index is -0.537. The summed E-state index contributed by atoms with van der Waals surface area (Å²) < 4.78 is 13.2. The largest absolute Gasteiger partial charge is 0.444 e. The molecule has 2 aliphatic rings. The third-order valence-corrected chi connectivity index (χ3v) is 6.53. The van der Waals surface area contributed by atoms with Crippen LogP contribution in [-0.4, -0.2) is 50.3 Å². The monoisotopic (exact) mass is 465 g/mol. The summed E-state index contributed by atoms with van der Waals surface area (Å²) in [6, 6.07) is 6.09. The van der Waals surface area contributed by atoms with Gasteiger partial charge in [-0.2, -0.15) is 0 Å². The van der Waals surface area contributed by atoms with Crippen molar-refractivity contribution in [2.24, 2.45) is 0 Å². The third-order valence-electron chi connectivity index (χ3n) is 6.53. The molecule has 2 aliphatic heterocycles. The molecule has 5 rings (SSSR count). The number of aryl methyl sites for hydroxylation is 2. The van der Waals surface area contributed by atoms with Gasteiger partial charge in [-0.05, 0) is 65.2 Å². The summed E-state index contributed by atoms with van der Waals surface area (Å²) in [5.41, 5.74) is 4.11. The predicted octanol–water partition coefficient (Wildman–Crippen LogP) is 4.44. The van der Waals surface area contributed by atoms with Crippen molar-refractivity contribution in [2.75, 3.05) is 13.1 Å². The molecule has 0 aliphatic carbocycles. The number of benzene rings is 1. The molecule has 0 bridgehead atoms. The van der Waals surface area contributed by atoms with Gasteiger partial charge in [-0.15, -0.1) is 0 Å². The second-order valence-electron chi connectivity index (χ2n) is 10.3. The molecular weight excluding hydrogens is 434 g/mol. The summed E-state index contributed by atoms with van der Waals surface area (Å²) in [4.78, 5) is 31.4. The lowest BCUT2D eigenvalue weighted by Crippen LogP contribution is -2.35. The van der Waals surface area contributed by atoms with E-state index in [0.29, 0.717) is 25.9 Å². The van der Waals surface area contributed by atoms with E-state index in [0.717, 1.165) is 45.9 Å². The predicted molar refractivity (Wildman–Crippen MR) is 126 cm³/mol. The molecule has 9 heteroatoms. The molecule has 1 N–H and O–H groups in total. The first-order valence-corrected chi connectivity index (χ1v) is 11.8. The number of amides is 2. The minimum Gasteiger partial charge on any atom is -0.444 e. The zero-order valence-electron chi connectivity index (χ0n) is 20.3. The Hall–Kier alpha value is -3.36. The second-order valence-corrected chi connectivity index (χ2v) is 10.3. The number of aromatic nitrogens is 3. The fraction of sp³-hybridized carbons (Fsp3) is 0.520. The standard InChI is InChI=1S/C25H31N5O4/c1-14-22(15(2)34-28-14)16-6-8-20-19(12-16)27-23(18-7-9-21(31)26-18)30(20)17-10-11-29(13-17)24(32)33-25(3,4)5/h6,8,12,17-18H,7,9-11,13H2,1-5H3,(H,26,31)/t17-,18-/m0/s1. The summed E-state index contributed by atoms with van der Waals surface area (Å²) in [6.07, 6.45) is 1.70. The number of carbonyl (C=O) groups is 2. The number of imidazole rings is 1. The van der Waals surface area contributed by atoms with Crippen molar-refractivity contribution in [3.05, 3.63) is 35.5 Å². The summed E-state index contributed by atoms with van der Waals surface area (Å²) in [5, 5.41) is 7.15. The topological polar surface area (TPSA) is 102 Å². The van der Waals surface area contributed by atoms with Crippen LogP contribution in [0.4, 0.5) is 4.79 Å². The van der Waals surface area contributed by atoms with Gasteiger partial charge in [0, 0.05) is 25.1 Å². The Morgan fingerprint density at radius 1 is 1.24 bits per heavy atom. The fourth-order valence-corrected chi connectivity index (χ4v) is 5.05. The fourth-order valence-electron chi connectivity index (χ4n) is 5.05. The van der Waals surface area contributed by atoms with Crippen LogP contribution in [0.2, 0.25) is 0 Å². The number of fused-ring (bicyclic) bond motifs is 1. The highest BCUT2D eigenvalue weighted by Crippen LogP contribution is 2.36. The van der Waals surface area contributed by atoms with E-state index in [1.54, 1.807) is 4.90 Å². The first-order valence-electron chi connectivity index (χ1n) is 11.8. The van der Waals surface area contributed by atoms with Gasteiger partial charge < -0.3 is 24.0 Å². The molecule has 2 aromatic heterocycles. The van der Waals surface area contributed by atoms with Crippen molar-refractivity contribution in [3.8, 4) is 11.1 Å². The molecule has 9 nitrogen and oxygen atoms in total. The van der Waals surface area contributed by atoms with Crippen LogP contribution in [0, 0.1) is 13.8 Å². The molecular formula is C25H31N5O4. The number of hydrogen-bond donors (Lipinski definition) is 1. The van der Waals surface area contributed by atoms with E-state index in [-0.39, 0.29) is 24.1 Å². The molecule has 180 valence electrons. The van der Waals surface area contributed by atoms with Crippen LogP contribution in [0.3, 0.4) is 0 Å². The summed E-state index contributed by atoms with van der Waals surface area (Å²) in [6.45, 7) is 10.6. The molecule has 0 saturated carbocycles. The van der Waals surface area contributed by atoms with E-state index in [9.17, 15) is 9.59 Å². The molecule has 1 aromatic carbocycles. The van der Waals surface area contributed by atoms with Crippen LogP contribution in [0.1, 0.15) is 69.4 Å². The Kier molecular flexibility index (Phi) is 5.37. The van der Waals surface area contributed by atoms with E-state index < -0.39 is 5.60 Å². The smallest absolute Gasteiger partial charge is 0.410 e. The van der Waals surface area contributed by atoms with E-state index in [1.165, 1.54) is 0 Å². The second kappa shape index (κ2) is 8.14. The van der Waals surface area contributed by atoms with Gasteiger partial charge in [0.15, 0.2) is 0 Å². The van der Waals surface area contributed by atoms with Gasteiger partial charge in [0.2, 0.25) is 5.91 Å². The highest BCUT2D eigenvalue weighted by molar-refractivity contribution is 5.84. The SMILES string of the molecule is Cc1noc(C)c1-c1ccc2c(c1)nc([C@@H]1CCC(=O)N1)n2[C@H]1CCN(C(=O)OC(C)(C)C)C1. The Morgan fingerprint density at radius 2 is 2.03 bits per heavy atom. The van der Waals surface area contributed by atoms with Crippen LogP contribution in [0.25, 0.3) is 22.2 Å². The molecule has 2 saturated heterocycles. The molecule has 34 heavy (non-hydrogen) atoms. The Labute approximate surface area is 198 Å². The number of nitrogens with one attached hydrogen (secondary N) is 1. The average molecular weight is 466 g/mol. The van der Waals surface area contributed by atoms with Crippen LogP contribution in [0.15, 0.2) is 22.7 Å². The summed E-state index contributed by atoms with van der Waals surface area (Å²) in [5.74, 6) is 1.65. The Morgan fingerprint density at radius 3 is 2.68 bits per heavy atom. The molecule has 0 spiro atoms. The first kappa shape index (κ1) is 22.4. The lowest BCUT2D eigenvalue weighted by Gasteiger charge is -2.25. The van der Waals surface area contributed by atoms with E-state index >= 15 is 0 Å². The Bertz CT molecular complexity index is 1250. The van der Waals surface area contributed by atoms with Crippen molar-refractivity contribution in [3.63, 3.8) is 0 Å². The minimum absolute atomic E-state index is 0.0434. The average Bonchev–Trinajstić information content (AvgIpc) is 3.52. The van der Waals surface area contributed by atoms with Crippen LogP contribution < -0.4 is 5.32 Å². The maximum atomic E-state index is 12.7. The maximum Gasteiger partial charge on any atom is 0.410 e. The zero-order chi connectivity index (χ0) is 24.2. The molecule has 2 fully saturated rings. The van der Waals surface area contributed by atoms with Gasteiger partial charge in [-0.3, -0.25) is 4.79 Å². The lowest BCUT2D eigenvalue weighted by molar-refractivity contribution is -0.119. The summed E-state index contributed by atoms with van der Waals surface area (Å²) >= 11 is 0. The molecule has 2 atom stereocenters. The third kappa shape index (κ3) is 4.03. The summed E-state index contributed by atoms with van der Waals surface area (Å²) in [7, 11) is 0. The van der Waals surface area contributed by atoms with Crippen molar-refractivity contribution in [1.82, 2.24) is 24.9 Å². The first-order chi connectivity index (χ1) is 16.1. The quantitative estimate of drug-likeness (QED) is 0.613. The van der Waals surface area contributed by atoms with Gasteiger partial charge in [-0.1, -0.05) is 11.2 Å². The van der Waals surface area contributed by atoms with Crippen molar-refractivity contribution in [1.29, 1.82) is 0 Å². The number of nitrogens with zero attached hydrogens (tertiary/aromatic N) is 4. The van der Waals surface area contributed by atoms with E-state index in [4.69, 9.17) is 14.2 Å². The van der Waals surface area contributed by atoms with Gasteiger partial charge in [0.1, 0.15) is 17.2 Å². The van der Waals surface area contributed by atoms with Crippen molar-refractivity contribution in [2.45, 2.75) is 71.6 Å². The molecule has 3 aromatic rings. The van der Waals surface area contributed by atoms with E-state index in [2.05, 4.69) is 33.2 Å². The maximum absolute atomic E-state index is 12.7. The zero-order valence-corrected chi connectivity index (χ0v) is 20.3. The van der Waals surface area contributed by atoms with Crippen molar-refractivity contribution >= 4 is 23.0 Å². The molecule has 4 heterocycles. The number of likely N-dealkylation sites (tertiary alicyclic amines) is 1. The number of ether oxygens (including phenoxy) is 1. The van der Waals surface area contributed by atoms with Crippen molar-refractivity contribution < 1.29 is 18.8 Å². The normalized spacial score (nSPS) is 20.9. The van der Waals surface area contributed by atoms with Gasteiger partial charge >= 0.3 is 6.09 Å². The molecule has 0 unspecified atom stereocenters. The van der Waals surface area contributed by atoms with E-state index in [1.807, 2.05) is 34.6 Å². The van der Waals surface area contributed by atoms with Crippen LogP contribution in [0.5, 0.6) is 0 Å². The Balaban J connectivity index is 1.53. The molecule has 0 radical (unpaired) electrons.